The van der Waals surface area contributed by atoms with E-state index in [0.29, 0.717) is 0 Å². The van der Waals surface area contributed by atoms with Crippen LogP contribution in [0, 0.1) is 6.92 Å². The van der Waals surface area contributed by atoms with E-state index < -0.39 is 71.2 Å². The Morgan fingerprint density at radius 3 is 1.91 bits per heavy atom. The van der Waals surface area contributed by atoms with E-state index in [4.69, 9.17) is 23.1 Å². The molecule has 1 aromatic rings. The number of hydrogen-bond acceptors (Lipinski definition) is 11. The lowest BCUT2D eigenvalue weighted by atomic mass is 9.96. The minimum absolute atomic E-state index is 0.123. The van der Waals surface area contributed by atoms with Gasteiger partial charge in [-0.25, -0.2) is 0 Å². The van der Waals surface area contributed by atoms with Crippen molar-refractivity contribution in [1.82, 2.24) is 5.32 Å². The smallest absolute Gasteiger partial charge is 0.305 e. The predicted octanol–water partition coefficient (Wildman–Crippen LogP) is 0.356. The first-order valence-corrected chi connectivity index (χ1v) is 11.6. The lowest BCUT2D eigenvalue weighted by molar-refractivity contribution is -0.268. The minimum Gasteiger partial charge on any atom is -0.456 e. The van der Waals surface area contributed by atoms with Crippen LogP contribution in [0.2, 0.25) is 0 Å². The van der Waals surface area contributed by atoms with Crippen LogP contribution >= 0.6 is 0 Å². The van der Waals surface area contributed by atoms with Crippen LogP contribution in [0.4, 0.5) is 0 Å². The number of carbonyl (C=O) groups excluding carboxylic acids is 4. The Balaban J connectivity index is 2.40. The Kier molecular flexibility index (Phi) is 9.13. The van der Waals surface area contributed by atoms with Crippen LogP contribution in [0.1, 0.15) is 33.3 Å². The third-order valence-corrected chi connectivity index (χ3v) is 5.90. The van der Waals surface area contributed by atoms with Crippen LogP contribution in [0.3, 0.4) is 0 Å². The molecule has 34 heavy (non-hydrogen) atoms. The van der Waals surface area contributed by atoms with Crippen LogP contribution < -0.4 is 5.32 Å². The molecule has 1 heterocycles. The highest BCUT2D eigenvalue weighted by Gasteiger charge is 2.52. The fourth-order valence-electron chi connectivity index (χ4n) is 3.29. The van der Waals surface area contributed by atoms with Gasteiger partial charge in [0.15, 0.2) is 12.2 Å². The van der Waals surface area contributed by atoms with Crippen molar-refractivity contribution in [3.05, 3.63) is 29.8 Å². The normalized spacial score (nSPS) is 24.6. The van der Waals surface area contributed by atoms with Gasteiger partial charge < -0.3 is 24.3 Å². The Labute approximate surface area is 196 Å². The van der Waals surface area contributed by atoms with Gasteiger partial charge in [0, 0.05) is 27.7 Å². The molecule has 2 rings (SSSR count). The zero-order chi connectivity index (χ0) is 25.6. The van der Waals surface area contributed by atoms with Gasteiger partial charge in [0.25, 0.3) is 10.1 Å². The topological polar surface area (TPSA) is 161 Å². The molecule has 0 unspecified atom stereocenters. The van der Waals surface area contributed by atoms with E-state index >= 15 is 0 Å². The average molecular weight is 502 g/mol. The maximum absolute atomic E-state index is 12.6. The van der Waals surface area contributed by atoms with E-state index in [1.807, 2.05) is 0 Å². The molecule has 1 saturated heterocycles. The lowest BCUT2D eigenvalue weighted by Gasteiger charge is -2.44. The van der Waals surface area contributed by atoms with E-state index in [-0.39, 0.29) is 4.90 Å². The van der Waals surface area contributed by atoms with Crippen molar-refractivity contribution in [3.63, 3.8) is 0 Å². The van der Waals surface area contributed by atoms with Crippen molar-refractivity contribution < 1.29 is 50.7 Å². The van der Waals surface area contributed by atoms with Gasteiger partial charge in [-0.05, 0) is 19.1 Å². The molecule has 12 nitrogen and oxygen atoms in total. The summed E-state index contributed by atoms with van der Waals surface area (Å²) in [5.74, 6) is -2.97. The highest BCUT2D eigenvalue weighted by atomic mass is 32.2. The van der Waals surface area contributed by atoms with Crippen molar-refractivity contribution in [1.29, 1.82) is 0 Å². The van der Waals surface area contributed by atoms with Crippen molar-refractivity contribution in [2.45, 2.75) is 70.2 Å². The first-order chi connectivity index (χ1) is 15.8. The summed E-state index contributed by atoms with van der Waals surface area (Å²) < 4.78 is 51.7. The van der Waals surface area contributed by atoms with Gasteiger partial charge in [-0.15, -0.1) is 0 Å². The maximum atomic E-state index is 12.6. The number of benzene rings is 1. The Morgan fingerprint density at radius 2 is 1.41 bits per heavy atom. The molecule has 1 aliphatic heterocycles. The number of amides is 1. The molecule has 188 valence electrons. The zero-order valence-corrected chi connectivity index (χ0v) is 20.1. The van der Waals surface area contributed by atoms with Crippen molar-refractivity contribution in [2.24, 2.45) is 0 Å². The predicted molar refractivity (Wildman–Crippen MR) is 113 cm³/mol. The molecule has 0 aliphatic carbocycles. The molecule has 0 aromatic heterocycles. The van der Waals surface area contributed by atoms with Crippen LogP contribution in [0.25, 0.3) is 0 Å². The van der Waals surface area contributed by atoms with Gasteiger partial charge in [-0.1, -0.05) is 17.7 Å². The second-order valence-corrected chi connectivity index (χ2v) is 9.19. The van der Waals surface area contributed by atoms with Crippen molar-refractivity contribution >= 4 is 33.9 Å². The quantitative estimate of drug-likeness (QED) is 0.297. The number of aryl methyl sites for hydroxylation is 1. The summed E-state index contributed by atoms with van der Waals surface area (Å²) in [6.07, 6.45) is -5.66. The van der Waals surface area contributed by atoms with E-state index in [1.54, 1.807) is 19.1 Å². The van der Waals surface area contributed by atoms with Crippen molar-refractivity contribution in [3.8, 4) is 0 Å². The fraction of sp³-hybridized carbons (Fsp3) is 0.524. The largest absolute Gasteiger partial charge is 0.456 e. The van der Waals surface area contributed by atoms with Gasteiger partial charge in [0.05, 0.1) is 11.5 Å². The second-order valence-electron chi connectivity index (χ2n) is 7.58. The van der Waals surface area contributed by atoms with Gasteiger partial charge in [-0.2, -0.15) is 8.42 Å². The summed E-state index contributed by atoms with van der Waals surface area (Å²) in [6.45, 7) is 5.51. The summed E-state index contributed by atoms with van der Waals surface area (Å²) in [4.78, 5) is 46.8. The third kappa shape index (κ3) is 7.50. The SMILES string of the molecule is CC(=O)N[C@H]1[C@H](OC(C)=O)O[C@H](COS(=O)(=O)c2ccc(C)cc2)[C@@H](OC(C)=O)[C@@H]1OC(C)=O. The zero-order valence-electron chi connectivity index (χ0n) is 19.3. The van der Waals surface area contributed by atoms with Crippen molar-refractivity contribution in [2.75, 3.05) is 6.61 Å². The molecule has 0 saturated carbocycles. The number of nitrogens with one attached hydrogen (secondary N) is 1. The van der Waals surface area contributed by atoms with E-state index in [2.05, 4.69) is 5.32 Å². The summed E-state index contributed by atoms with van der Waals surface area (Å²) >= 11 is 0. The highest BCUT2D eigenvalue weighted by Crippen LogP contribution is 2.28. The number of carbonyl (C=O) groups is 4. The van der Waals surface area contributed by atoms with Crippen LogP contribution in [0.15, 0.2) is 29.2 Å². The minimum atomic E-state index is -4.25. The molecule has 1 fully saturated rings. The third-order valence-electron chi connectivity index (χ3n) is 4.60. The number of rotatable bonds is 8. The molecule has 0 bridgehead atoms. The summed E-state index contributed by atoms with van der Waals surface area (Å²) in [5, 5.41) is 2.45. The van der Waals surface area contributed by atoms with Crippen LogP contribution in [-0.4, -0.2) is 69.5 Å². The maximum Gasteiger partial charge on any atom is 0.305 e. The van der Waals surface area contributed by atoms with Gasteiger partial charge >= 0.3 is 17.9 Å². The molecule has 5 atom stereocenters. The van der Waals surface area contributed by atoms with E-state index in [9.17, 15) is 27.6 Å². The Morgan fingerprint density at radius 1 is 0.882 bits per heavy atom. The number of esters is 3. The molecule has 0 radical (unpaired) electrons. The second kappa shape index (κ2) is 11.4. The van der Waals surface area contributed by atoms with Gasteiger partial charge in [0.1, 0.15) is 12.1 Å². The highest BCUT2D eigenvalue weighted by molar-refractivity contribution is 7.86. The van der Waals surface area contributed by atoms with Gasteiger partial charge in [-0.3, -0.25) is 23.4 Å². The molecule has 1 N–H and O–H groups in total. The van der Waals surface area contributed by atoms with E-state index in [0.717, 1.165) is 26.3 Å². The molecular weight excluding hydrogens is 474 g/mol. The first-order valence-electron chi connectivity index (χ1n) is 10.2. The summed E-state index contributed by atoms with van der Waals surface area (Å²) in [6, 6.07) is 4.61. The first kappa shape index (κ1) is 27.2. The molecular formula is C21H27NO11S. The number of ether oxygens (including phenoxy) is 4. The van der Waals surface area contributed by atoms with Crippen LogP contribution in [-0.2, 0) is 52.4 Å². The number of hydrogen-bond donors (Lipinski definition) is 1. The summed E-state index contributed by atoms with van der Waals surface area (Å²) in [7, 11) is -4.25. The monoisotopic (exact) mass is 501 g/mol. The lowest BCUT2D eigenvalue weighted by Crippen LogP contribution is -2.66. The summed E-state index contributed by atoms with van der Waals surface area (Å²) in [5.41, 5.74) is 0.835. The molecule has 0 spiro atoms. The standard InChI is InChI=1S/C21H27NO11S/c1-11-6-8-16(9-7-11)34(27,28)29-10-17-19(30-13(3)24)20(31-14(4)25)18(22-12(2)23)21(33-17)32-15(5)26/h6-9,17-21H,10H2,1-5H3,(H,22,23)/t17-,18-,19-,20-,21-/m1/s1. The molecule has 1 aromatic carbocycles. The van der Waals surface area contributed by atoms with E-state index in [1.165, 1.54) is 19.1 Å². The average Bonchev–Trinajstić information content (AvgIpc) is 2.70. The Bertz CT molecular complexity index is 1020. The molecule has 13 heteroatoms. The van der Waals surface area contributed by atoms with Crippen LogP contribution in [0.5, 0.6) is 0 Å². The van der Waals surface area contributed by atoms with Gasteiger partial charge in [0.2, 0.25) is 12.2 Å². The fourth-order valence-corrected chi connectivity index (χ4v) is 4.20. The molecule has 1 aliphatic rings. The Hall–Kier alpha value is -3.03. The molecule has 1 amide bonds.